The van der Waals surface area contributed by atoms with Gasteiger partial charge in [0.25, 0.3) is 5.91 Å². The molecule has 41 heavy (non-hydrogen) atoms. The first-order valence-corrected chi connectivity index (χ1v) is 15.0. The zero-order valence-corrected chi connectivity index (χ0v) is 25.4. The molecule has 1 aliphatic heterocycles. The molecule has 0 spiro atoms. The van der Waals surface area contributed by atoms with E-state index in [0.717, 1.165) is 38.8 Å². The van der Waals surface area contributed by atoms with E-state index < -0.39 is 0 Å². The van der Waals surface area contributed by atoms with Crippen molar-refractivity contribution >= 4 is 11.8 Å². The molecule has 3 atom stereocenters. The predicted octanol–water partition coefficient (Wildman–Crippen LogP) is 4.06. The highest BCUT2D eigenvalue weighted by Crippen LogP contribution is 2.30. The Kier molecular flexibility index (Phi) is 11.1. The predicted molar refractivity (Wildman–Crippen MR) is 161 cm³/mol. The van der Waals surface area contributed by atoms with Crippen LogP contribution < -0.4 is 14.8 Å². The van der Waals surface area contributed by atoms with Gasteiger partial charge < -0.3 is 29.3 Å². The summed E-state index contributed by atoms with van der Waals surface area (Å²) in [7, 11) is 5.20. The summed E-state index contributed by atoms with van der Waals surface area (Å²) < 4.78 is 16.5. The average Bonchev–Trinajstić information content (AvgIpc) is 3.43. The highest BCUT2D eigenvalue weighted by Gasteiger charge is 2.34. The van der Waals surface area contributed by atoms with Gasteiger partial charge in [-0.3, -0.25) is 9.59 Å². The monoisotopic (exact) mass is 565 g/mol. The van der Waals surface area contributed by atoms with Gasteiger partial charge in [-0.05, 0) is 74.3 Å². The molecule has 0 bridgehead atoms. The van der Waals surface area contributed by atoms with E-state index in [1.165, 1.54) is 11.1 Å². The topological polar surface area (TPSA) is 80.3 Å². The maximum Gasteiger partial charge on any atom is 0.254 e. The molecule has 2 aromatic rings. The van der Waals surface area contributed by atoms with Crippen LogP contribution in [0.5, 0.6) is 11.5 Å². The fourth-order valence-corrected chi connectivity index (χ4v) is 6.13. The quantitative estimate of drug-likeness (QED) is 0.369. The molecule has 0 saturated carbocycles. The van der Waals surface area contributed by atoms with E-state index in [0.29, 0.717) is 43.4 Å². The van der Waals surface area contributed by atoms with Gasteiger partial charge in [-0.15, -0.1) is 0 Å². The number of fused-ring (bicyclic) bond motifs is 1. The third-order valence-corrected chi connectivity index (χ3v) is 8.54. The van der Waals surface area contributed by atoms with Gasteiger partial charge in [0.2, 0.25) is 5.91 Å². The summed E-state index contributed by atoms with van der Waals surface area (Å²) in [6.45, 7) is 8.18. The molecule has 1 fully saturated rings. The molecule has 0 aromatic heterocycles. The minimum absolute atomic E-state index is 0.0265. The van der Waals surface area contributed by atoms with E-state index in [4.69, 9.17) is 14.2 Å². The number of carbonyl (C=O) groups is 2. The fourth-order valence-electron chi connectivity index (χ4n) is 6.13. The van der Waals surface area contributed by atoms with Gasteiger partial charge >= 0.3 is 0 Å². The highest BCUT2D eigenvalue weighted by atomic mass is 16.5. The Morgan fingerprint density at radius 1 is 0.976 bits per heavy atom. The Hall–Kier alpha value is -3.10. The molecule has 1 unspecified atom stereocenters. The highest BCUT2D eigenvalue weighted by molar-refractivity contribution is 5.95. The minimum Gasteiger partial charge on any atom is -0.493 e. The van der Waals surface area contributed by atoms with Gasteiger partial charge in [0.15, 0.2) is 11.5 Å². The zero-order chi connectivity index (χ0) is 29.4. The number of aryl methyl sites for hydroxylation is 1. The molecule has 1 aliphatic carbocycles. The number of nitrogens with one attached hydrogen (secondary N) is 1. The zero-order valence-electron chi connectivity index (χ0n) is 25.4. The van der Waals surface area contributed by atoms with Crippen LogP contribution in [0.2, 0.25) is 0 Å². The Morgan fingerprint density at radius 3 is 2.41 bits per heavy atom. The number of amides is 2. The molecule has 1 saturated heterocycles. The molecule has 8 heteroatoms. The van der Waals surface area contributed by atoms with Crippen molar-refractivity contribution in [2.24, 2.45) is 17.8 Å². The van der Waals surface area contributed by atoms with Gasteiger partial charge in [0, 0.05) is 70.9 Å². The maximum atomic E-state index is 13.8. The first-order valence-electron chi connectivity index (χ1n) is 15.0. The molecule has 2 amide bonds. The lowest BCUT2D eigenvalue weighted by Gasteiger charge is -2.34. The summed E-state index contributed by atoms with van der Waals surface area (Å²) >= 11 is 0. The summed E-state index contributed by atoms with van der Waals surface area (Å²) in [6, 6.07) is 13.9. The van der Waals surface area contributed by atoms with Gasteiger partial charge in [0.05, 0.1) is 13.7 Å². The maximum absolute atomic E-state index is 13.8. The Labute approximate surface area is 245 Å². The SMILES string of the molecule is COCCCOc1cc(C(=O)N(C[C@@H]2CNC[C@H]2CN(C)C(=O)C2CCc3ccccc3C2)C(C)C)ccc1OC. The van der Waals surface area contributed by atoms with Crippen molar-refractivity contribution in [1.82, 2.24) is 15.1 Å². The van der Waals surface area contributed by atoms with E-state index in [2.05, 4.69) is 43.4 Å². The Morgan fingerprint density at radius 2 is 1.71 bits per heavy atom. The van der Waals surface area contributed by atoms with Crippen LogP contribution in [-0.2, 0) is 22.4 Å². The number of benzene rings is 2. The number of hydrogen-bond donors (Lipinski definition) is 1. The van der Waals surface area contributed by atoms with Crippen LogP contribution in [0.1, 0.15) is 48.2 Å². The second kappa shape index (κ2) is 14.7. The minimum atomic E-state index is -0.0275. The lowest BCUT2D eigenvalue weighted by molar-refractivity contribution is -0.135. The number of nitrogens with zero attached hydrogens (tertiary/aromatic N) is 2. The lowest BCUT2D eigenvalue weighted by atomic mass is 9.83. The largest absolute Gasteiger partial charge is 0.493 e. The summed E-state index contributed by atoms with van der Waals surface area (Å²) in [5.74, 6) is 1.94. The van der Waals surface area contributed by atoms with Crippen molar-refractivity contribution in [2.45, 2.75) is 45.6 Å². The molecular weight excluding hydrogens is 518 g/mol. The van der Waals surface area contributed by atoms with Gasteiger partial charge in [-0.25, -0.2) is 0 Å². The van der Waals surface area contributed by atoms with Crippen molar-refractivity contribution in [3.05, 3.63) is 59.2 Å². The van der Waals surface area contributed by atoms with Crippen molar-refractivity contribution in [1.29, 1.82) is 0 Å². The Bertz CT molecular complexity index is 1170. The first kappa shape index (κ1) is 30.8. The summed E-state index contributed by atoms with van der Waals surface area (Å²) in [5.41, 5.74) is 3.26. The van der Waals surface area contributed by atoms with E-state index in [1.54, 1.807) is 32.4 Å². The third kappa shape index (κ3) is 7.80. The third-order valence-electron chi connectivity index (χ3n) is 8.54. The van der Waals surface area contributed by atoms with Crippen molar-refractivity contribution in [2.75, 3.05) is 60.7 Å². The van der Waals surface area contributed by atoms with E-state index in [9.17, 15) is 9.59 Å². The van der Waals surface area contributed by atoms with Crippen LogP contribution in [0.4, 0.5) is 0 Å². The molecule has 1 N–H and O–H groups in total. The number of carbonyl (C=O) groups excluding carboxylic acids is 2. The molecule has 4 rings (SSSR count). The smallest absolute Gasteiger partial charge is 0.254 e. The van der Waals surface area contributed by atoms with Crippen LogP contribution >= 0.6 is 0 Å². The van der Waals surface area contributed by atoms with Crippen LogP contribution in [0.3, 0.4) is 0 Å². The first-order chi connectivity index (χ1) is 19.8. The second-order valence-corrected chi connectivity index (χ2v) is 11.7. The molecule has 2 aromatic carbocycles. The van der Waals surface area contributed by atoms with Gasteiger partial charge in [-0.2, -0.15) is 0 Å². The standard InChI is InChI=1S/C33H47N3O5/c1-23(2)36(33(38)27-13-14-30(40-5)31(18-27)41-16-8-15-39-4)22-29-20-34-19-28(29)21-35(3)32(37)26-12-11-24-9-6-7-10-25(24)17-26/h6-7,9-10,13-14,18,23,26,28-29,34H,8,11-12,15-17,19-22H2,1-5H3/t26?,28-,29-/m0/s1. The van der Waals surface area contributed by atoms with Crippen LogP contribution in [0.25, 0.3) is 0 Å². The fraction of sp³-hybridized carbons (Fsp3) is 0.576. The van der Waals surface area contributed by atoms with E-state index in [1.807, 2.05) is 16.8 Å². The van der Waals surface area contributed by atoms with Gasteiger partial charge in [0.1, 0.15) is 0 Å². The number of hydrogen-bond acceptors (Lipinski definition) is 6. The molecular formula is C33H47N3O5. The van der Waals surface area contributed by atoms with Gasteiger partial charge in [-0.1, -0.05) is 24.3 Å². The lowest BCUT2D eigenvalue weighted by Crippen LogP contribution is -2.44. The van der Waals surface area contributed by atoms with Crippen molar-refractivity contribution < 1.29 is 23.8 Å². The number of methoxy groups -OCH3 is 2. The van der Waals surface area contributed by atoms with Crippen molar-refractivity contribution in [3.8, 4) is 11.5 Å². The summed E-state index contributed by atoms with van der Waals surface area (Å²) in [6.07, 6.45) is 3.44. The molecule has 2 aliphatic rings. The van der Waals surface area contributed by atoms with Crippen LogP contribution in [0.15, 0.2) is 42.5 Å². The Balaban J connectivity index is 1.39. The summed E-state index contributed by atoms with van der Waals surface area (Å²) in [4.78, 5) is 31.1. The van der Waals surface area contributed by atoms with Crippen molar-refractivity contribution in [3.63, 3.8) is 0 Å². The second-order valence-electron chi connectivity index (χ2n) is 11.7. The molecule has 0 radical (unpaired) electrons. The number of rotatable bonds is 13. The van der Waals surface area contributed by atoms with E-state index >= 15 is 0 Å². The average molecular weight is 566 g/mol. The van der Waals surface area contributed by atoms with Crippen LogP contribution in [-0.4, -0.2) is 88.3 Å². The summed E-state index contributed by atoms with van der Waals surface area (Å²) in [5, 5.41) is 3.52. The molecule has 1 heterocycles. The molecule has 8 nitrogen and oxygen atoms in total. The van der Waals surface area contributed by atoms with E-state index in [-0.39, 0.29) is 35.6 Å². The normalized spacial score (nSPS) is 20.0. The molecule has 224 valence electrons. The van der Waals surface area contributed by atoms with Crippen LogP contribution in [0, 0.1) is 17.8 Å². The number of ether oxygens (including phenoxy) is 3.